The van der Waals surface area contributed by atoms with E-state index >= 15 is 0 Å². The minimum Gasteiger partial charge on any atom is -0.354 e. The highest BCUT2D eigenvalue weighted by Gasteiger charge is 2.36. The number of piperidine rings is 1. The van der Waals surface area contributed by atoms with Crippen LogP contribution in [0.2, 0.25) is 0 Å². The van der Waals surface area contributed by atoms with Gasteiger partial charge in [-0.25, -0.2) is 9.50 Å². The van der Waals surface area contributed by atoms with E-state index in [0.717, 1.165) is 18.0 Å². The summed E-state index contributed by atoms with van der Waals surface area (Å²) in [6.07, 6.45) is 8.98. The largest absolute Gasteiger partial charge is 0.354 e. The van der Waals surface area contributed by atoms with Gasteiger partial charge in [0, 0.05) is 36.9 Å². The summed E-state index contributed by atoms with van der Waals surface area (Å²) in [6.45, 7) is 3.24. The Morgan fingerprint density at radius 3 is 2.85 bits per heavy atom. The van der Waals surface area contributed by atoms with Gasteiger partial charge in [0.1, 0.15) is 5.82 Å². The van der Waals surface area contributed by atoms with E-state index in [4.69, 9.17) is 4.98 Å². The van der Waals surface area contributed by atoms with Crippen LogP contribution in [0.5, 0.6) is 0 Å². The van der Waals surface area contributed by atoms with Gasteiger partial charge in [-0.15, -0.1) is 0 Å². The summed E-state index contributed by atoms with van der Waals surface area (Å²) in [5.41, 5.74) is 0.929. The summed E-state index contributed by atoms with van der Waals surface area (Å²) in [7, 11) is 0. The van der Waals surface area contributed by atoms with Crippen LogP contribution in [0.3, 0.4) is 0 Å². The topological polar surface area (TPSA) is 45.5 Å². The van der Waals surface area contributed by atoms with Crippen LogP contribution < -0.4 is 10.2 Å². The highest BCUT2D eigenvalue weighted by atomic mass is 15.3. The Balaban J connectivity index is 1.63. The van der Waals surface area contributed by atoms with Crippen molar-refractivity contribution in [1.82, 2.24) is 19.9 Å². The highest BCUT2D eigenvalue weighted by Crippen LogP contribution is 2.31. The summed E-state index contributed by atoms with van der Waals surface area (Å²) in [5.74, 6) is 1.09. The van der Waals surface area contributed by atoms with Crippen molar-refractivity contribution < 1.29 is 0 Å². The van der Waals surface area contributed by atoms with Crippen molar-refractivity contribution in [3.05, 3.63) is 24.5 Å². The van der Waals surface area contributed by atoms with Crippen molar-refractivity contribution in [1.29, 1.82) is 0 Å². The minimum atomic E-state index is 0.622. The van der Waals surface area contributed by atoms with Crippen LogP contribution in [0, 0.1) is 0 Å². The lowest BCUT2D eigenvalue weighted by atomic mass is 9.98. The van der Waals surface area contributed by atoms with Crippen molar-refractivity contribution in [3.63, 3.8) is 0 Å². The van der Waals surface area contributed by atoms with E-state index in [2.05, 4.69) is 28.3 Å². The summed E-state index contributed by atoms with van der Waals surface area (Å²) < 4.78 is 1.82. The number of fused-ring (bicyclic) bond motifs is 3. The first-order valence-electron chi connectivity index (χ1n) is 7.66. The fraction of sp³-hybridized carbons (Fsp3) is 0.600. The molecule has 4 heterocycles. The molecule has 106 valence electrons. The molecule has 0 aromatic carbocycles. The molecule has 2 aliphatic rings. The zero-order valence-corrected chi connectivity index (χ0v) is 11.9. The lowest BCUT2D eigenvalue weighted by molar-refractivity contribution is 0.348. The molecule has 0 saturated carbocycles. The molecule has 2 aliphatic heterocycles. The average Bonchev–Trinajstić information content (AvgIpc) is 3.05. The van der Waals surface area contributed by atoms with Crippen LogP contribution in [0.15, 0.2) is 24.5 Å². The van der Waals surface area contributed by atoms with Gasteiger partial charge in [0.2, 0.25) is 0 Å². The van der Waals surface area contributed by atoms with Crippen molar-refractivity contribution in [2.75, 3.05) is 11.4 Å². The van der Waals surface area contributed by atoms with Crippen LogP contribution >= 0.6 is 0 Å². The lowest BCUT2D eigenvalue weighted by Crippen LogP contribution is -2.48. The summed E-state index contributed by atoms with van der Waals surface area (Å²) in [5, 5.41) is 7.93. The lowest BCUT2D eigenvalue weighted by Gasteiger charge is -2.38. The van der Waals surface area contributed by atoms with Gasteiger partial charge in [0.25, 0.3) is 0 Å². The SMILES string of the molecule is CCN(c1ccn2nccc2n1)C1CC2CCC(C1)N2. The molecule has 20 heavy (non-hydrogen) atoms. The summed E-state index contributed by atoms with van der Waals surface area (Å²) in [6, 6.07) is 6.10. The number of anilines is 1. The zero-order chi connectivity index (χ0) is 13.5. The molecule has 0 amide bonds. The Hall–Kier alpha value is -1.62. The third kappa shape index (κ3) is 1.97. The maximum absolute atomic E-state index is 4.76. The Kier molecular flexibility index (Phi) is 2.88. The van der Waals surface area contributed by atoms with E-state index in [-0.39, 0.29) is 0 Å². The fourth-order valence-corrected chi connectivity index (χ4v) is 3.85. The van der Waals surface area contributed by atoms with E-state index in [0.29, 0.717) is 18.1 Å². The second kappa shape index (κ2) is 4.74. The molecule has 5 nitrogen and oxygen atoms in total. The Labute approximate surface area is 119 Å². The molecule has 2 saturated heterocycles. The van der Waals surface area contributed by atoms with E-state index < -0.39 is 0 Å². The van der Waals surface area contributed by atoms with Crippen molar-refractivity contribution in [2.45, 2.75) is 50.7 Å². The van der Waals surface area contributed by atoms with E-state index in [1.54, 1.807) is 6.20 Å². The monoisotopic (exact) mass is 271 g/mol. The minimum absolute atomic E-state index is 0.622. The number of rotatable bonds is 3. The fourth-order valence-electron chi connectivity index (χ4n) is 3.85. The molecule has 2 aromatic rings. The van der Waals surface area contributed by atoms with Crippen LogP contribution in [0.1, 0.15) is 32.6 Å². The molecular weight excluding hydrogens is 250 g/mol. The predicted molar refractivity (Wildman–Crippen MR) is 79.0 cm³/mol. The Bertz CT molecular complexity index is 595. The number of hydrogen-bond acceptors (Lipinski definition) is 4. The molecule has 5 heteroatoms. The maximum atomic E-state index is 4.76. The summed E-state index contributed by atoms with van der Waals surface area (Å²) >= 11 is 0. The Morgan fingerprint density at radius 2 is 2.10 bits per heavy atom. The second-order valence-electron chi connectivity index (χ2n) is 5.97. The number of hydrogen-bond donors (Lipinski definition) is 1. The standard InChI is InChI=1S/C15H21N5/c1-2-19(13-9-11-3-4-12(10-13)17-11)14-6-8-20-15(18-14)5-7-16-20/h5-8,11-13,17H,2-4,9-10H2,1H3. The first-order valence-corrected chi connectivity index (χ1v) is 7.66. The predicted octanol–water partition coefficient (Wildman–Crippen LogP) is 1.84. The first-order chi connectivity index (χ1) is 9.83. The van der Waals surface area contributed by atoms with Gasteiger partial charge in [0.15, 0.2) is 5.65 Å². The van der Waals surface area contributed by atoms with Crippen LogP contribution in [-0.2, 0) is 0 Å². The molecule has 2 atom stereocenters. The maximum Gasteiger partial charge on any atom is 0.157 e. The van der Waals surface area contributed by atoms with Crippen LogP contribution in [-0.4, -0.2) is 39.3 Å². The third-order valence-corrected chi connectivity index (χ3v) is 4.77. The molecule has 4 rings (SSSR count). The van der Waals surface area contributed by atoms with Crippen molar-refractivity contribution in [3.8, 4) is 0 Å². The van der Waals surface area contributed by atoms with E-state index in [1.165, 1.54) is 25.7 Å². The average molecular weight is 271 g/mol. The molecule has 0 radical (unpaired) electrons. The smallest absolute Gasteiger partial charge is 0.157 e. The molecule has 2 unspecified atom stereocenters. The van der Waals surface area contributed by atoms with E-state index in [1.807, 2.05) is 16.8 Å². The molecule has 0 aliphatic carbocycles. The molecule has 2 bridgehead atoms. The first kappa shape index (κ1) is 12.1. The second-order valence-corrected chi connectivity index (χ2v) is 5.97. The summed E-state index contributed by atoms with van der Waals surface area (Å²) in [4.78, 5) is 7.23. The molecule has 0 spiro atoms. The quantitative estimate of drug-likeness (QED) is 0.925. The van der Waals surface area contributed by atoms with Gasteiger partial charge >= 0.3 is 0 Å². The molecule has 2 fully saturated rings. The van der Waals surface area contributed by atoms with Gasteiger partial charge in [0.05, 0.1) is 6.20 Å². The van der Waals surface area contributed by atoms with Crippen molar-refractivity contribution >= 4 is 11.5 Å². The third-order valence-electron chi connectivity index (χ3n) is 4.77. The highest BCUT2D eigenvalue weighted by molar-refractivity contribution is 5.48. The van der Waals surface area contributed by atoms with Gasteiger partial charge in [-0.05, 0) is 38.7 Å². The van der Waals surface area contributed by atoms with Gasteiger partial charge in [-0.3, -0.25) is 0 Å². The molecule has 1 N–H and O–H groups in total. The number of nitrogens with zero attached hydrogens (tertiary/aromatic N) is 4. The van der Waals surface area contributed by atoms with E-state index in [9.17, 15) is 0 Å². The van der Waals surface area contributed by atoms with Crippen LogP contribution in [0.4, 0.5) is 5.82 Å². The van der Waals surface area contributed by atoms with Crippen molar-refractivity contribution in [2.24, 2.45) is 0 Å². The molecule has 2 aromatic heterocycles. The number of aromatic nitrogens is 3. The normalized spacial score (nSPS) is 28.9. The van der Waals surface area contributed by atoms with Crippen LogP contribution in [0.25, 0.3) is 5.65 Å². The van der Waals surface area contributed by atoms with Gasteiger partial charge in [-0.2, -0.15) is 5.10 Å². The van der Waals surface area contributed by atoms with Gasteiger partial charge in [-0.1, -0.05) is 0 Å². The molecular formula is C15H21N5. The Morgan fingerprint density at radius 1 is 1.30 bits per heavy atom. The zero-order valence-electron chi connectivity index (χ0n) is 11.9. The number of nitrogens with one attached hydrogen (secondary N) is 1. The van der Waals surface area contributed by atoms with Gasteiger partial charge < -0.3 is 10.2 Å².